The highest BCUT2D eigenvalue weighted by Gasteiger charge is 2.21. The van der Waals surface area contributed by atoms with Gasteiger partial charge in [-0.05, 0) is 42.8 Å². The minimum Gasteiger partial charge on any atom is -0.478 e. The van der Waals surface area contributed by atoms with Crippen molar-refractivity contribution in [3.8, 4) is 0 Å². The number of sulfonamides is 1. The SMILES string of the molecule is Cc1cc(C(=O)O)ccc1NS(=O)(=O)c1ncccc1F. The highest BCUT2D eigenvalue weighted by Crippen LogP contribution is 2.21. The Morgan fingerprint density at radius 1 is 1.33 bits per heavy atom. The number of aryl methyl sites for hydroxylation is 1. The molecule has 1 aromatic heterocycles. The van der Waals surface area contributed by atoms with Crippen molar-refractivity contribution in [2.45, 2.75) is 11.9 Å². The van der Waals surface area contributed by atoms with Gasteiger partial charge in [0.25, 0.3) is 10.0 Å². The number of carbonyl (C=O) groups is 1. The Morgan fingerprint density at radius 2 is 2.05 bits per heavy atom. The van der Waals surface area contributed by atoms with Crippen molar-refractivity contribution in [3.05, 3.63) is 53.5 Å². The quantitative estimate of drug-likeness (QED) is 0.900. The lowest BCUT2D eigenvalue weighted by Gasteiger charge is -2.10. The molecule has 6 nitrogen and oxygen atoms in total. The van der Waals surface area contributed by atoms with Crippen LogP contribution in [0.25, 0.3) is 0 Å². The van der Waals surface area contributed by atoms with Gasteiger partial charge in [0.2, 0.25) is 5.03 Å². The molecular weight excluding hydrogens is 299 g/mol. The van der Waals surface area contributed by atoms with Crippen LogP contribution in [0.1, 0.15) is 15.9 Å². The minimum atomic E-state index is -4.18. The Kier molecular flexibility index (Phi) is 3.90. The summed E-state index contributed by atoms with van der Waals surface area (Å²) < 4.78 is 39.8. The van der Waals surface area contributed by atoms with E-state index in [2.05, 4.69) is 9.71 Å². The zero-order chi connectivity index (χ0) is 15.6. The number of benzene rings is 1. The van der Waals surface area contributed by atoms with Gasteiger partial charge in [-0.2, -0.15) is 8.42 Å². The number of anilines is 1. The van der Waals surface area contributed by atoms with Gasteiger partial charge in [-0.25, -0.2) is 14.2 Å². The molecule has 1 heterocycles. The fourth-order valence-electron chi connectivity index (χ4n) is 1.67. The number of rotatable bonds is 4. The molecule has 0 aliphatic heterocycles. The second-order valence-electron chi connectivity index (χ2n) is 4.23. The van der Waals surface area contributed by atoms with Crippen molar-refractivity contribution in [3.63, 3.8) is 0 Å². The Labute approximate surface area is 120 Å². The zero-order valence-corrected chi connectivity index (χ0v) is 11.7. The zero-order valence-electron chi connectivity index (χ0n) is 10.9. The van der Waals surface area contributed by atoms with Crippen LogP contribution in [0.2, 0.25) is 0 Å². The molecule has 0 radical (unpaired) electrons. The molecule has 1 aromatic carbocycles. The van der Waals surface area contributed by atoms with E-state index in [9.17, 15) is 17.6 Å². The summed E-state index contributed by atoms with van der Waals surface area (Å²) in [4.78, 5) is 14.3. The van der Waals surface area contributed by atoms with Crippen LogP contribution in [0, 0.1) is 12.7 Å². The monoisotopic (exact) mass is 310 g/mol. The Balaban J connectivity index is 2.38. The molecule has 0 bridgehead atoms. The normalized spacial score (nSPS) is 11.1. The van der Waals surface area contributed by atoms with Gasteiger partial charge < -0.3 is 5.11 Å². The van der Waals surface area contributed by atoms with Crippen molar-refractivity contribution in [1.29, 1.82) is 0 Å². The molecule has 0 amide bonds. The van der Waals surface area contributed by atoms with E-state index in [-0.39, 0.29) is 11.3 Å². The van der Waals surface area contributed by atoms with Gasteiger partial charge in [0.1, 0.15) is 0 Å². The summed E-state index contributed by atoms with van der Waals surface area (Å²) in [7, 11) is -4.18. The summed E-state index contributed by atoms with van der Waals surface area (Å²) in [5.74, 6) is -2.09. The van der Waals surface area contributed by atoms with Crippen LogP contribution < -0.4 is 4.72 Å². The lowest BCUT2D eigenvalue weighted by Crippen LogP contribution is -2.17. The van der Waals surface area contributed by atoms with E-state index in [1.54, 1.807) is 6.92 Å². The Hall–Kier alpha value is -2.48. The van der Waals surface area contributed by atoms with Gasteiger partial charge in [-0.15, -0.1) is 0 Å². The minimum absolute atomic E-state index is 0.0273. The number of aromatic carboxylic acids is 1. The van der Waals surface area contributed by atoms with Gasteiger partial charge >= 0.3 is 5.97 Å². The van der Waals surface area contributed by atoms with E-state index in [1.807, 2.05) is 0 Å². The smallest absolute Gasteiger partial charge is 0.335 e. The molecule has 0 aliphatic carbocycles. The van der Waals surface area contributed by atoms with Gasteiger partial charge in [0, 0.05) is 6.20 Å². The topological polar surface area (TPSA) is 96.4 Å². The maximum Gasteiger partial charge on any atom is 0.335 e. The van der Waals surface area contributed by atoms with Crippen LogP contribution in [0.3, 0.4) is 0 Å². The van der Waals surface area contributed by atoms with Crippen molar-refractivity contribution >= 4 is 21.7 Å². The number of hydrogen-bond donors (Lipinski definition) is 2. The summed E-state index contributed by atoms with van der Waals surface area (Å²) in [6.45, 7) is 1.54. The number of halogens is 1. The maximum atomic E-state index is 13.5. The molecule has 2 N–H and O–H groups in total. The fourth-order valence-corrected chi connectivity index (χ4v) is 2.81. The largest absolute Gasteiger partial charge is 0.478 e. The third-order valence-electron chi connectivity index (χ3n) is 2.70. The Morgan fingerprint density at radius 3 is 2.62 bits per heavy atom. The average Bonchev–Trinajstić information content (AvgIpc) is 2.41. The molecule has 0 unspecified atom stereocenters. The van der Waals surface area contributed by atoms with Gasteiger partial charge in [0.05, 0.1) is 11.3 Å². The van der Waals surface area contributed by atoms with E-state index < -0.39 is 26.8 Å². The standard InChI is InChI=1S/C13H11FN2O4S/c1-8-7-9(13(17)18)4-5-11(8)16-21(19,20)12-10(14)3-2-6-15-12/h2-7,16H,1H3,(H,17,18). The first-order valence-corrected chi connectivity index (χ1v) is 7.27. The van der Waals surface area contributed by atoms with E-state index in [0.29, 0.717) is 5.56 Å². The summed E-state index contributed by atoms with van der Waals surface area (Å²) in [6, 6.07) is 6.14. The second-order valence-corrected chi connectivity index (χ2v) is 5.83. The van der Waals surface area contributed by atoms with Crippen LogP contribution in [0.15, 0.2) is 41.6 Å². The van der Waals surface area contributed by atoms with E-state index in [4.69, 9.17) is 5.11 Å². The predicted octanol–water partition coefficient (Wildman–Crippen LogP) is 2.03. The van der Waals surface area contributed by atoms with E-state index in [0.717, 1.165) is 12.3 Å². The number of pyridine rings is 1. The molecule has 110 valence electrons. The molecule has 0 spiro atoms. The summed E-state index contributed by atoms with van der Waals surface area (Å²) >= 11 is 0. The van der Waals surface area contributed by atoms with E-state index >= 15 is 0 Å². The average molecular weight is 310 g/mol. The number of carboxylic acids is 1. The van der Waals surface area contributed by atoms with Crippen LogP contribution in [-0.2, 0) is 10.0 Å². The number of hydrogen-bond acceptors (Lipinski definition) is 4. The van der Waals surface area contributed by atoms with Crippen molar-refractivity contribution in [1.82, 2.24) is 4.98 Å². The molecule has 2 aromatic rings. The molecule has 0 aliphatic rings. The molecule has 0 saturated carbocycles. The molecular formula is C13H11FN2O4S. The van der Waals surface area contributed by atoms with Gasteiger partial charge in [-0.3, -0.25) is 4.72 Å². The van der Waals surface area contributed by atoms with Crippen molar-refractivity contribution in [2.24, 2.45) is 0 Å². The molecule has 0 fully saturated rings. The van der Waals surface area contributed by atoms with E-state index in [1.165, 1.54) is 24.3 Å². The second kappa shape index (κ2) is 5.49. The van der Waals surface area contributed by atoms with Gasteiger partial charge in [0.15, 0.2) is 5.82 Å². The number of carboxylic acid groups (broad SMARTS) is 1. The predicted molar refractivity (Wildman–Crippen MR) is 73.1 cm³/mol. The third-order valence-corrected chi connectivity index (χ3v) is 4.00. The number of aromatic nitrogens is 1. The lowest BCUT2D eigenvalue weighted by molar-refractivity contribution is 0.0697. The first-order chi connectivity index (χ1) is 9.81. The molecule has 0 atom stereocenters. The van der Waals surface area contributed by atoms with Crippen molar-refractivity contribution in [2.75, 3.05) is 4.72 Å². The van der Waals surface area contributed by atoms with Crippen molar-refractivity contribution < 1.29 is 22.7 Å². The van der Waals surface area contributed by atoms with Crippen LogP contribution in [0.4, 0.5) is 10.1 Å². The summed E-state index contributed by atoms with van der Waals surface area (Å²) in [6.07, 6.45) is 1.16. The summed E-state index contributed by atoms with van der Waals surface area (Å²) in [5, 5.41) is 8.13. The first-order valence-electron chi connectivity index (χ1n) is 5.78. The molecule has 8 heteroatoms. The number of nitrogens with zero attached hydrogens (tertiary/aromatic N) is 1. The molecule has 2 rings (SSSR count). The summed E-state index contributed by atoms with van der Waals surface area (Å²) in [5.41, 5.74) is 0.583. The highest BCUT2D eigenvalue weighted by molar-refractivity contribution is 7.92. The number of nitrogens with one attached hydrogen (secondary N) is 1. The fraction of sp³-hybridized carbons (Fsp3) is 0.0769. The molecule has 21 heavy (non-hydrogen) atoms. The lowest BCUT2D eigenvalue weighted by atomic mass is 10.1. The van der Waals surface area contributed by atoms with Crippen LogP contribution >= 0.6 is 0 Å². The third kappa shape index (κ3) is 3.16. The first kappa shape index (κ1) is 14.9. The maximum absolute atomic E-state index is 13.5. The van der Waals surface area contributed by atoms with Gasteiger partial charge in [-0.1, -0.05) is 0 Å². The van der Waals surface area contributed by atoms with Crippen LogP contribution in [-0.4, -0.2) is 24.5 Å². The highest BCUT2D eigenvalue weighted by atomic mass is 32.2. The molecule has 0 saturated heterocycles. The van der Waals surface area contributed by atoms with Crippen LogP contribution in [0.5, 0.6) is 0 Å². The Bertz CT molecular complexity index is 806.